The second-order valence-electron chi connectivity index (χ2n) is 5.95. The number of fused-ring (bicyclic) bond motifs is 1. The van der Waals surface area contributed by atoms with Crippen LogP contribution in [0.1, 0.15) is 38.4 Å². The topological polar surface area (TPSA) is 56.3 Å². The van der Waals surface area contributed by atoms with Gasteiger partial charge in [0, 0.05) is 30.0 Å². The molecule has 0 radical (unpaired) electrons. The Morgan fingerprint density at radius 1 is 1.33 bits per heavy atom. The van der Waals surface area contributed by atoms with Gasteiger partial charge < -0.3 is 14.8 Å². The summed E-state index contributed by atoms with van der Waals surface area (Å²) < 4.78 is 11.3. The second-order valence-corrected chi connectivity index (χ2v) is 6.39. The first-order valence-electron chi connectivity index (χ1n) is 8.69. The Labute approximate surface area is 147 Å². The van der Waals surface area contributed by atoms with E-state index in [1.807, 2.05) is 25.1 Å². The molecule has 5 nitrogen and oxygen atoms in total. The summed E-state index contributed by atoms with van der Waals surface area (Å²) in [7, 11) is 0. The number of aryl methyl sites for hydroxylation is 1. The summed E-state index contributed by atoms with van der Waals surface area (Å²) >= 11 is 6.08. The van der Waals surface area contributed by atoms with Gasteiger partial charge in [0.05, 0.1) is 12.1 Å². The molecule has 1 fully saturated rings. The molecule has 0 spiro atoms. The molecule has 1 aliphatic rings. The molecule has 1 aromatic heterocycles. The fourth-order valence-electron chi connectivity index (χ4n) is 2.78. The predicted molar refractivity (Wildman–Crippen MR) is 96.6 cm³/mol. The van der Waals surface area contributed by atoms with Gasteiger partial charge in [0.25, 0.3) is 0 Å². The zero-order chi connectivity index (χ0) is 16.8. The third-order valence-electron chi connectivity index (χ3n) is 4.08. The number of nitrogens with one attached hydrogen (secondary N) is 1. The minimum atomic E-state index is -0.0209. The summed E-state index contributed by atoms with van der Waals surface area (Å²) in [5, 5.41) is 5.09. The minimum absolute atomic E-state index is 0.0209. The van der Waals surface area contributed by atoms with Crippen molar-refractivity contribution in [2.45, 2.75) is 45.3 Å². The quantitative estimate of drug-likeness (QED) is 0.759. The molecule has 0 bridgehead atoms. The van der Waals surface area contributed by atoms with Crippen LogP contribution in [-0.4, -0.2) is 36.0 Å². The number of aromatic nitrogens is 2. The summed E-state index contributed by atoms with van der Waals surface area (Å²) in [5.41, 5.74) is 0.878. The first-order valence-corrected chi connectivity index (χ1v) is 9.07. The highest BCUT2D eigenvalue weighted by Gasteiger charge is 2.13. The molecule has 1 aliphatic heterocycles. The summed E-state index contributed by atoms with van der Waals surface area (Å²) in [6, 6.07) is 5.71. The first kappa shape index (κ1) is 17.4. The molecule has 24 heavy (non-hydrogen) atoms. The van der Waals surface area contributed by atoms with Crippen LogP contribution in [0.15, 0.2) is 18.2 Å². The number of hydrogen-bond donors (Lipinski definition) is 1. The van der Waals surface area contributed by atoms with Crippen LogP contribution in [0.4, 0.5) is 5.82 Å². The van der Waals surface area contributed by atoms with Crippen molar-refractivity contribution in [2.75, 3.05) is 25.1 Å². The molecule has 3 rings (SSSR count). The lowest BCUT2D eigenvalue weighted by Gasteiger charge is -2.22. The zero-order valence-corrected chi connectivity index (χ0v) is 14.8. The highest BCUT2D eigenvalue weighted by Crippen LogP contribution is 2.24. The highest BCUT2D eigenvalue weighted by atomic mass is 35.5. The minimum Gasteiger partial charge on any atom is -0.369 e. The van der Waals surface area contributed by atoms with Crippen LogP contribution in [0.5, 0.6) is 0 Å². The van der Waals surface area contributed by atoms with Gasteiger partial charge in [-0.2, -0.15) is 0 Å². The molecule has 2 heterocycles. The molecule has 0 amide bonds. The smallest absolute Gasteiger partial charge is 0.157 e. The van der Waals surface area contributed by atoms with Crippen LogP contribution in [0.3, 0.4) is 0 Å². The van der Waals surface area contributed by atoms with Crippen LogP contribution < -0.4 is 5.32 Å². The second kappa shape index (κ2) is 8.60. The van der Waals surface area contributed by atoms with E-state index in [4.69, 9.17) is 21.1 Å². The Morgan fingerprint density at radius 3 is 3.04 bits per heavy atom. The molecule has 130 valence electrons. The summed E-state index contributed by atoms with van der Waals surface area (Å²) in [6.07, 6.45) is 5.02. The van der Waals surface area contributed by atoms with E-state index in [1.54, 1.807) is 0 Å². The maximum absolute atomic E-state index is 6.08. The van der Waals surface area contributed by atoms with Crippen molar-refractivity contribution in [1.82, 2.24) is 9.97 Å². The van der Waals surface area contributed by atoms with E-state index in [0.29, 0.717) is 11.6 Å². The Balaban J connectivity index is 1.56. The number of hydrogen-bond acceptors (Lipinski definition) is 5. The SMILES string of the molecule is CCc1nc(NCCCOC2CCCCO2)c2ccc(Cl)cc2n1. The van der Waals surface area contributed by atoms with Gasteiger partial charge in [-0.05, 0) is 43.9 Å². The molecule has 0 aliphatic carbocycles. The largest absolute Gasteiger partial charge is 0.369 e. The summed E-state index contributed by atoms with van der Waals surface area (Å²) in [6.45, 7) is 4.35. The van der Waals surface area contributed by atoms with Gasteiger partial charge in [0.2, 0.25) is 0 Å². The average Bonchev–Trinajstić information content (AvgIpc) is 2.61. The molecule has 1 aromatic carbocycles. The van der Waals surface area contributed by atoms with Crippen molar-refractivity contribution < 1.29 is 9.47 Å². The monoisotopic (exact) mass is 349 g/mol. The maximum Gasteiger partial charge on any atom is 0.157 e. The van der Waals surface area contributed by atoms with Gasteiger partial charge >= 0.3 is 0 Å². The Bertz CT molecular complexity index is 675. The van der Waals surface area contributed by atoms with Crippen molar-refractivity contribution >= 4 is 28.3 Å². The van der Waals surface area contributed by atoms with Gasteiger partial charge in [-0.25, -0.2) is 9.97 Å². The van der Waals surface area contributed by atoms with E-state index in [2.05, 4.69) is 15.3 Å². The van der Waals surface area contributed by atoms with Crippen LogP contribution in [0.2, 0.25) is 5.02 Å². The lowest BCUT2D eigenvalue weighted by Crippen LogP contribution is -2.23. The molecule has 1 unspecified atom stereocenters. The Kier molecular flexibility index (Phi) is 6.24. The number of benzene rings is 1. The number of ether oxygens (including phenoxy) is 2. The molecule has 2 aromatic rings. The van der Waals surface area contributed by atoms with E-state index < -0.39 is 0 Å². The summed E-state index contributed by atoms with van der Waals surface area (Å²) in [4.78, 5) is 9.15. The van der Waals surface area contributed by atoms with E-state index in [1.165, 1.54) is 6.42 Å². The molecular formula is C18H24ClN3O2. The Morgan fingerprint density at radius 2 is 2.25 bits per heavy atom. The van der Waals surface area contributed by atoms with Gasteiger partial charge in [-0.15, -0.1) is 0 Å². The van der Waals surface area contributed by atoms with Crippen LogP contribution >= 0.6 is 11.6 Å². The third-order valence-corrected chi connectivity index (χ3v) is 4.31. The first-order chi connectivity index (χ1) is 11.8. The van der Waals surface area contributed by atoms with E-state index >= 15 is 0 Å². The standard InChI is InChI=1S/C18H24ClN3O2/c1-2-16-21-15-12-13(19)7-8-14(15)18(22-16)20-9-5-11-24-17-6-3-4-10-23-17/h7-8,12,17H,2-6,9-11H2,1H3,(H,20,21,22). The van der Waals surface area contributed by atoms with Crippen LogP contribution in [0.25, 0.3) is 10.9 Å². The highest BCUT2D eigenvalue weighted by molar-refractivity contribution is 6.31. The van der Waals surface area contributed by atoms with Gasteiger partial charge in [-0.1, -0.05) is 18.5 Å². The number of rotatable bonds is 7. The molecule has 1 atom stereocenters. The third kappa shape index (κ3) is 4.56. The van der Waals surface area contributed by atoms with Crippen LogP contribution in [0, 0.1) is 0 Å². The van der Waals surface area contributed by atoms with Crippen molar-refractivity contribution in [1.29, 1.82) is 0 Å². The number of nitrogens with zero attached hydrogens (tertiary/aromatic N) is 2. The fourth-order valence-corrected chi connectivity index (χ4v) is 2.95. The fraction of sp³-hybridized carbons (Fsp3) is 0.556. The zero-order valence-electron chi connectivity index (χ0n) is 14.1. The lowest BCUT2D eigenvalue weighted by atomic mass is 10.2. The summed E-state index contributed by atoms with van der Waals surface area (Å²) in [5.74, 6) is 1.68. The van der Waals surface area contributed by atoms with Crippen LogP contribution in [-0.2, 0) is 15.9 Å². The van der Waals surface area contributed by atoms with E-state index in [0.717, 1.165) is 61.4 Å². The molecular weight excluding hydrogens is 326 g/mol. The van der Waals surface area contributed by atoms with Gasteiger partial charge in [-0.3, -0.25) is 0 Å². The van der Waals surface area contributed by atoms with E-state index in [9.17, 15) is 0 Å². The van der Waals surface area contributed by atoms with E-state index in [-0.39, 0.29) is 6.29 Å². The van der Waals surface area contributed by atoms with Gasteiger partial charge in [0.1, 0.15) is 11.6 Å². The Hall–Kier alpha value is -1.43. The predicted octanol–water partition coefficient (Wildman–Crippen LogP) is 4.19. The molecule has 6 heteroatoms. The molecule has 1 N–H and O–H groups in total. The van der Waals surface area contributed by atoms with Crippen molar-refractivity contribution in [3.8, 4) is 0 Å². The van der Waals surface area contributed by atoms with Crippen molar-refractivity contribution in [3.63, 3.8) is 0 Å². The average molecular weight is 350 g/mol. The maximum atomic E-state index is 6.08. The number of anilines is 1. The van der Waals surface area contributed by atoms with Crippen molar-refractivity contribution in [3.05, 3.63) is 29.0 Å². The normalized spacial score (nSPS) is 18.0. The van der Waals surface area contributed by atoms with Gasteiger partial charge in [0.15, 0.2) is 6.29 Å². The van der Waals surface area contributed by atoms with Crippen molar-refractivity contribution in [2.24, 2.45) is 0 Å². The molecule has 1 saturated heterocycles. The molecule has 0 saturated carbocycles. The lowest BCUT2D eigenvalue weighted by molar-refractivity contribution is -0.162. The number of halogens is 1.